The minimum absolute atomic E-state index is 0.252. The van der Waals surface area contributed by atoms with Crippen molar-refractivity contribution in [2.45, 2.75) is 25.3 Å². The van der Waals surface area contributed by atoms with Gasteiger partial charge in [0, 0.05) is 29.6 Å². The molecule has 1 saturated carbocycles. The Kier molecular flexibility index (Phi) is 3.25. The lowest BCUT2D eigenvalue weighted by Crippen LogP contribution is -2.26. The summed E-state index contributed by atoms with van der Waals surface area (Å²) in [5, 5.41) is 13.8. The lowest BCUT2D eigenvalue weighted by atomic mass is 10.1. The molecule has 0 spiro atoms. The Balaban J connectivity index is 1.83. The van der Waals surface area contributed by atoms with Gasteiger partial charge in [-0.3, -0.25) is 0 Å². The fraction of sp³-hybridized carbons (Fsp3) is 0.400. The third-order valence-electron chi connectivity index (χ3n) is 3.94. The number of hydrogen-bond acceptors (Lipinski definition) is 4. The van der Waals surface area contributed by atoms with Crippen LogP contribution in [-0.2, 0) is 0 Å². The Hall–Kier alpha value is -1.81. The Morgan fingerprint density at radius 1 is 1.26 bits per heavy atom. The molecule has 3 rings (SSSR count). The van der Waals surface area contributed by atoms with Crippen molar-refractivity contribution in [3.8, 4) is 0 Å². The van der Waals surface area contributed by atoms with Crippen LogP contribution in [0.4, 0.5) is 11.5 Å². The molecule has 100 valence electrons. The van der Waals surface area contributed by atoms with E-state index in [1.165, 1.54) is 6.42 Å². The van der Waals surface area contributed by atoms with Gasteiger partial charge in [-0.2, -0.15) is 0 Å². The minimum Gasteiger partial charge on any atom is -0.399 e. The molecular weight excluding hydrogens is 238 g/mol. The zero-order chi connectivity index (χ0) is 13.2. The van der Waals surface area contributed by atoms with Gasteiger partial charge in [-0.25, -0.2) is 4.98 Å². The Morgan fingerprint density at radius 3 is 3.00 bits per heavy atom. The predicted octanol–water partition coefficient (Wildman–Crippen LogP) is 2.39. The number of fused-ring (bicyclic) bond motifs is 1. The van der Waals surface area contributed by atoms with Crippen molar-refractivity contribution in [2.75, 3.05) is 17.7 Å². The zero-order valence-corrected chi connectivity index (χ0v) is 10.8. The summed E-state index contributed by atoms with van der Waals surface area (Å²) in [6.45, 7) is 0.252. The molecule has 4 N–H and O–H groups in total. The average molecular weight is 257 g/mol. The molecule has 1 heterocycles. The molecule has 19 heavy (non-hydrogen) atoms. The smallest absolute Gasteiger partial charge is 0.126 e. The second-order valence-corrected chi connectivity index (χ2v) is 5.27. The fourth-order valence-corrected chi connectivity index (χ4v) is 2.86. The van der Waals surface area contributed by atoms with E-state index in [2.05, 4.69) is 10.3 Å². The predicted molar refractivity (Wildman–Crippen MR) is 78.0 cm³/mol. The van der Waals surface area contributed by atoms with E-state index in [1.807, 2.05) is 30.3 Å². The van der Waals surface area contributed by atoms with Gasteiger partial charge in [0.15, 0.2) is 0 Å². The number of nitrogens with two attached hydrogens (primary N) is 1. The Bertz CT molecular complexity index is 585. The van der Waals surface area contributed by atoms with E-state index in [4.69, 9.17) is 5.73 Å². The molecule has 0 aliphatic heterocycles. The number of rotatable bonds is 3. The van der Waals surface area contributed by atoms with E-state index >= 15 is 0 Å². The quantitative estimate of drug-likeness (QED) is 0.738. The van der Waals surface area contributed by atoms with Crippen LogP contribution >= 0.6 is 0 Å². The van der Waals surface area contributed by atoms with Gasteiger partial charge in [0.05, 0.1) is 5.52 Å². The maximum absolute atomic E-state index is 9.34. The highest BCUT2D eigenvalue weighted by Gasteiger charge is 2.26. The van der Waals surface area contributed by atoms with Crippen LogP contribution < -0.4 is 11.1 Å². The van der Waals surface area contributed by atoms with Crippen LogP contribution in [0.3, 0.4) is 0 Å². The molecule has 0 radical (unpaired) electrons. The maximum atomic E-state index is 9.34. The molecule has 1 aromatic carbocycles. The highest BCUT2D eigenvalue weighted by atomic mass is 16.3. The summed E-state index contributed by atoms with van der Waals surface area (Å²) in [7, 11) is 0. The number of pyridine rings is 1. The van der Waals surface area contributed by atoms with E-state index in [0.29, 0.717) is 12.0 Å². The van der Waals surface area contributed by atoms with Gasteiger partial charge >= 0.3 is 0 Å². The van der Waals surface area contributed by atoms with Crippen LogP contribution in [0, 0.1) is 5.92 Å². The molecular formula is C15H19N3O. The molecule has 2 aromatic rings. The molecule has 1 aromatic heterocycles. The summed E-state index contributed by atoms with van der Waals surface area (Å²) in [5.74, 6) is 1.23. The van der Waals surface area contributed by atoms with Crippen molar-refractivity contribution in [1.82, 2.24) is 4.98 Å². The van der Waals surface area contributed by atoms with Gasteiger partial charge in [-0.05, 0) is 43.2 Å². The number of nitrogens with zero attached hydrogens (tertiary/aromatic N) is 1. The first-order valence-electron chi connectivity index (χ1n) is 6.80. The van der Waals surface area contributed by atoms with Crippen molar-refractivity contribution in [3.63, 3.8) is 0 Å². The van der Waals surface area contributed by atoms with E-state index < -0.39 is 0 Å². The number of anilines is 2. The van der Waals surface area contributed by atoms with Crippen LogP contribution in [0.2, 0.25) is 0 Å². The average Bonchev–Trinajstić information content (AvgIpc) is 2.86. The molecule has 2 atom stereocenters. The summed E-state index contributed by atoms with van der Waals surface area (Å²) in [4.78, 5) is 4.60. The highest BCUT2D eigenvalue weighted by molar-refractivity contribution is 5.83. The second kappa shape index (κ2) is 5.05. The Labute approximate surface area is 112 Å². The molecule has 0 bridgehead atoms. The fourth-order valence-electron chi connectivity index (χ4n) is 2.86. The summed E-state index contributed by atoms with van der Waals surface area (Å²) >= 11 is 0. The SMILES string of the molecule is Nc1ccc2nc(NC3CCCC3CO)ccc2c1. The number of hydrogen-bond donors (Lipinski definition) is 3. The molecule has 1 aliphatic rings. The van der Waals surface area contributed by atoms with E-state index in [9.17, 15) is 5.11 Å². The largest absolute Gasteiger partial charge is 0.399 e. The monoisotopic (exact) mass is 257 g/mol. The molecule has 4 nitrogen and oxygen atoms in total. The number of nitrogen functional groups attached to an aromatic ring is 1. The normalized spacial score (nSPS) is 22.8. The standard InChI is InChI=1S/C15H19N3O/c16-12-5-6-14-10(8-12)4-7-15(18-14)17-13-3-1-2-11(13)9-19/h4-8,11,13,19H,1-3,9,16H2,(H,17,18). The van der Waals surface area contributed by atoms with Crippen LogP contribution in [0.15, 0.2) is 30.3 Å². The molecule has 4 heteroatoms. The van der Waals surface area contributed by atoms with Gasteiger partial charge < -0.3 is 16.2 Å². The van der Waals surface area contributed by atoms with Gasteiger partial charge in [-0.15, -0.1) is 0 Å². The van der Waals surface area contributed by atoms with Crippen molar-refractivity contribution in [3.05, 3.63) is 30.3 Å². The number of benzene rings is 1. The third kappa shape index (κ3) is 2.49. The molecule has 0 saturated heterocycles. The lowest BCUT2D eigenvalue weighted by molar-refractivity contribution is 0.222. The number of aromatic nitrogens is 1. The first-order valence-corrected chi connectivity index (χ1v) is 6.80. The third-order valence-corrected chi connectivity index (χ3v) is 3.94. The van der Waals surface area contributed by atoms with Crippen molar-refractivity contribution in [1.29, 1.82) is 0 Å². The Morgan fingerprint density at radius 2 is 2.16 bits per heavy atom. The van der Waals surface area contributed by atoms with Gasteiger partial charge in [0.2, 0.25) is 0 Å². The van der Waals surface area contributed by atoms with Crippen molar-refractivity contribution < 1.29 is 5.11 Å². The van der Waals surface area contributed by atoms with E-state index in [0.717, 1.165) is 35.2 Å². The van der Waals surface area contributed by atoms with Crippen LogP contribution in [0.1, 0.15) is 19.3 Å². The van der Waals surface area contributed by atoms with Gasteiger partial charge in [-0.1, -0.05) is 6.42 Å². The molecule has 2 unspecified atom stereocenters. The van der Waals surface area contributed by atoms with E-state index in [1.54, 1.807) is 0 Å². The first kappa shape index (κ1) is 12.2. The summed E-state index contributed by atoms with van der Waals surface area (Å²) in [6, 6.07) is 10.1. The highest BCUT2D eigenvalue weighted by Crippen LogP contribution is 2.28. The maximum Gasteiger partial charge on any atom is 0.126 e. The molecule has 0 amide bonds. The summed E-state index contributed by atoms with van der Waals surface area (Å²) in [6.07, 6.45) is 3.37. The van der Waals surface area contributed by atoms with Crippen LogP contribution in [-0.4, -0.2) is 22.7 Å². The van der Waals surface area contributed by atoms with Gasteiger partial charge in [0.25, 0.3) is 0 Å². The number of aliphatic hydroxyl groups excluding tert-OH is 1. The second-order valence-electron chi connectivity index (χ2n) is 5.27. The van der Waals surface area contributed by atoms with Gasteiger partial charge in [0.1, 0.15) is 5.82 Å². The number of nitrogens with one attached hydrogen (secondary N) is 1. The van der Waals surface area contributed by atoms with Crippen LogP contribution in [0.25, 0.3) is 10.9 Å². The summed E-state index contributed by atoms with van der Waals surface area (Å²) in [5.41, 5.74) is 7.46. The number of aliphatic hydroxyl groups is 1. The molecule has 1 fully saturated rings. The topological polar surface area (TPSA) is 71.2 Å². The first-order chi connectivity index (χ1) is 9.26. The minimum atomic E-state index is 0.252. The van der Waals surface area contributed by atoms with E-state index in [-0.39, 0.29) is 6.61 Å². The zero-order valence-electron chi connectivity index (χ0n) is 10.8. The lowest BCUT2D eigenvalue weighted by Gasteiger charge is -2.19. The summed E-state index contributed by atoms with van der Waals surface area (Å²) < 4.78 is 0. The van der Waals surface area contributed by atoms with Crippen LogP contribution in [0.5, 0.6) is 0 Å². The molecule has 1 aliphatic carbocycles. The van der Waals surface area contributed by atoms with Crippen molar-refractivity contribution in [2.24, 2.45) is 5.92 Å². The van der Waals surface area contributed by atoms with Crippen molar-refractivity contribution >= 4 is 22.4 Å².